The molecule has 0 fully saturated rings. The summed E-state index contributed by atoms with van der Waals surface area (Å²) in [6.45, 7) is 3.74. The highest BCUT2D eigenvalue weighted by atomic mass is 79.9. The molecule has 0 bridgehead atoms. The number of benzene rings is 3. The van der Waals surface area contributed by atoms with Crippen LogP contribution in [0, 0.1) is 13.8 Å². The van der Waals surface area contributed by atoms with Crippen molar-refractivity contribution < 1.29 is 13.5 Å². The number of para-hydroxylation sites is 1. The van der Waals surface area contributed by atoms with Crippen LogP contribution in [-0.2, 0) is 16.4 Å². The highest BCUT2D eigenvalue weighted by Crippen LogP contribution is 2.30. The van der Waals surface area contributed by atoms with Crippen molar-refractivity contribution in [2.24, 2.45) is 0 Å². The molecular weight excluding hydrogens is 450 g/mol. The molecule has 1 heterocycles. The van der Waals surface area contributed by atoms with Crippen LogP contribution in [-0.4, -0.2) is 17.5 Å². The van der Waals surface area contributed by atoms with E-state index in [4.69, 9.17) is 0 Å². The van der Waals surface area contributed by atoms with Gasteiger partial charge in [0.1, 0.15) is 5.75 Å². The lowest BCUT2D eigenvalue weighted by molar-refractivity contribution is 0.466. The van der Waals surface area contributed by atoms with Gasteiger partial charge in [0.25, 0.3) is 10.0 Å². The summed E-state index contributed by atoms with van der Waals surface area (Å²) < 4.78 is 28.8. The fourth-order valence-electron chi connectivity index (χ4n) is 3.65. The van der Waals surface area contributed by atoms with Crippen LogP contribution in [0.25, 0.3) is 10.9 Å². The van der Waals surface area contributed by atoms with Crippen LogP contribution < -0.4 is 0 Å². The van der Waals surface area contributed by atoms with E-state index in [1.807, 2.05) is 50.2 Å². The van der Waals surface area contributed by atoms with Crippen molar-refractivity contribution in [1.82, 2.24) is 3.97 Å². The second-order valence-corrected chi connectivity index (χ2v) is 9.91. The van der Waals surface area contributed by atoms with E-state index < -0.39 is 10.0 Å². The normalized spacial score (nSPS) is 11.8. The van der Waals surface area contributed by atoms with E-state index in [9.17, 15) is 13.5 Å². The van der Waals surface area contributed by atoms with Crippen molar-refractivity contribution in [3.8, 4) is 5.75 Å². The molecule has 4 aromatic rings. The molecule has 1 aromatic heterocycles. The van der Waals surface area contributed by atoms with Crippen molar-refractivity contribution in [2.75, 3.05) is 0 Å². The Labute approximate surface area is 178 Å². The zero-order valence-corrected chi connectivity index (χ0v) is 18.5. The van der Waals surface area contributed by atoms with Gasteiger partial charge in [-0.15, -0.1) is 0 Å². The summed E-state index contributed by atoms with van der Waals surface area (Å²) in [7, 11) is -3.72. The number of aromatic nitrogens is 1. The number of halogens is 1. The highest BCUT2D eigenvalue weighted by Gasteiger charge is 2.21. The summed E-state index contributed by atoms with van der Waals surface area (Å²) in [6, 6.07) is 18.0. The molecule has 0 atom stereocenters. The number of aryl methyl sites for hydroxylation is 2. The van der Waals surface area contributed by atoms with Crippen molar-refractivity contribution >= 4 is 36.9 Å². The third-order valence-corrected chi connectivity index (χ3v) is 7.29. The number of rotatable bonds is 4. The Hall–Kier alpha value is -2.57. The van der Waals surface area contributed by atoms with E-state index in [0.717, 1.165) is 32.1 Å². The number of hydrogen-bond donors (Lipinski definition) is 1. The average molecular weight is 470 g/mol. The molecule has 148 valence electrons. The molecule has 0 saturated heterocycles. The first-order valence-electron chi connectivity index (χ1n) is 9.16. The Morgan fingerprint density at radius 2 is 1.59 bits per heavy atom. The molecular formula is C23H20BrNO3S. The maximum Gasteiger partial charge on any atom is 0.268 e. The fourth-order valence-corrected chi connectivity index (χ4v) is 5.30. The molecule has 0 aliphatic carbocycles. The average Bonchev–Trinajstić information content (AvgIpc) is 3.06. The number of hydrogen-bond acceptors (Lipinski definition) is 3. The molecule has 3 aromatic carbocycles. The minimum Gasteiger partial charge on any atom is -0.507 e. The van der Waals surface area contributed by atoms with E-state index in [2.05, 4.69) is 15.9 Å². The van der Waals surface area contributed by atoms with Crippen LogP contribution in [0.15, 0.2) is 76.2 Å². The van der Waals surface area contributed by atoms with Crippen molar-refractivity contribution in [3.63, 3.8) is 0 Å². The van der Waals surface area contributed by atoms with Crippen LogP contribution in [0.2, 0.25) is 0 Å². The van der Waals surface area contributed by atoms with E-state index in [-0.39, 0.29) is 4.90 Å². The Morgan fingerprint density at radius 1 is 0.966 bits per heavy atom. The molecule has 29 heavy (non-hydrogen) atoms. The summed E-state index contributed by atoms with van der Waals surface area (Å²) in [5.74, 6) is 0.300. The molecule has 6 heteroatoms. The van der Waals surface area contributed by atoms with E-state index in [1.165, 1.54) is 3.97 Å². The van der Waals surface area contributed by atoms with Gasteiger partial charge in [0.05, 0.1) is 10.4 Å². The van der Waals surface area contributed by atoms with Gasteiger partial charge in [0, 0.05) is 16.1 Å². The maximum absolute atomic E-state index is 13.3. The topological polar surface area (TPSA) is 59.3 Å². The zero-order valence-electron chi connectivity index (χ0n) is 16.1. The largest absolute Gasteiger partial charge is 0.507 e. The smallest absolute Gasteiger partial charge is 0.268 e. The molecule has 0 saturated carbocycles. The van der Waals surface area contributed by atoms with Gasteiger partial charge in [0.2, 0.25) is 0 Å². The van der Waals surface area contributed by atoms with Gasteiger partial charge in [-0.05, 0) is 72.9 Å². The standard InChI is InChI=1S/C23H20BrNO3S/c1-15-11-17(12-16(2)23(15)26)13-18-14-25(22-6-4-3-5-21(18)22)29(27,28)20-9-7-19(24)8-10-20/h3-12,14,26H,13H2,1-2H3. The number of nitrogens with zero attached hydrogens (tertiary/aromatic N) is 1. The lowest BCUT2D eigenvalue weighted by Crippen LogP contribution is -2.11. The Bertz CT molecular complexity index is 1300. The Morgan fingerprint density at radius 3 is 2.24 bits per heavy atom. The molecule has 0 aliphatic heterocycles. The first kappa shape index (κ1) is 19.7. The molecule has 0 unspecified atom stereocenters. The van der Waals surface area contributed by atoms with Gasteiger partial charge in [-0.2, -0.15) is 0 Å². The lowest BCUT2D eigenvalue weighted by Gasteiger charge is -2.08. The van der Waals surface area contributed by atoms with Gasteiger partial charge < -0.3 is 5.11 Å². The molecule has 0 radical (unpaired) electrons. The van der Waals surface area contributed by atoms with Gasteiger partial charge in [-0.3, -0.25) is 0 Å². The number of aromatic hydroxyl groups is 1. The second-order valence-electron chi connectivity index (χ2n) is 7.18. The third kappa shape index (κ3) is 3.58. The van der Waals surface area contributed by atoms with Crippen LogP contribution in [0.1, 0.15) is 22.3 Å². The van der Waals surface area contributed by atoms with E-state index in [0.29, 0.717) is 17.7 Å². The fraction of sp³-hybridized carbons (Fsp3) is 0.130. The first-order chi connectivity index (χ1) is 13.8. The summed E-state index contributed by atoms with van der Waals surface area (Å²) in [5, 5.41) is 10.9. The molecule has 1 N–H and O–H groups in total. The van der Waals surface area contributed by atoms with Crippen LogP contribution >= 0.6 is 15.9 Å². The molecule has 0 aliphatic rings. The van der Waals surface area contributed by atoms with Gasteiger partial charge in [-0.25, -0.2) is 12.4 Å². The maximum atomic E-state index is 13.3. The molecule has 4 nitrogen and oxygen atoms in total. The number of phenols is 1. The SMILES string of the molecule is Cc1cc(Cc2cn(S(=O)(=O)c3ccc(Br)cc3)c3ccccc23)cc(C)c1O. The summed E-state index contributed by atoms with van der Waals surface area (Å²) in [5.41, 5.74) is 4.22. The second kappa shape index (κ2) is 7.35. The Kier molecular flexibility index (Phi) is 5.00. The predicted octanol–water partition coefficient (Wildman–Crippen LogP) is 5.55. The van der Waals surface area contributed by atoms with Gasteiger partial charge in [-0.1, -0.05) is 46.3 Å². The van der Waals surface area contributed by atoms with Crippen LogP contribution in [0.3, 0.4) is 0 Å². The highest BCUT2D eigenvalue weighted by molar-refractivity contribution is 9.10. The Balaban J connectivity index is 1.85. The first-order valence-corrected chi connectivity index (χ1v) is 11.4. The van der Waals surface area contributed by atoms with Gasteiger partial charge in [0.15, 0.2) is 0 Å². The zero-order chi connectivity index (χ0) is 20.8. The summed E-state index contributed by atoms with van der Waals surface area (Å²) in [6.07, 6.45) is 2.28. The molecule has 0 spiro atoms. The monoisotopic (exact) mass is 469 g/mol. The third-order valence-electron chi connectivity index (χ3n) is 5.08. The van der Waals surface area contributed by atoms with Crippen LogP contribution in [0.5, 0.6) is 5.75 Å². The molecule has 4 rings (SSSR count). The minimum absolute atomic E-state index is 0.240. The van der Waals surface area contributed by atoms with Crippen LogP contribution in [0.4, 0.5) is 0 Å². The summed E-state index contributed by atoms with van der Waals surface area (Å²) >= 11 is 3.35. The summed E-state index contributed by atoms with van der Waals surface area (Å²) in [4.78, 5) is 0.240. The van der Waals surface area contributed by atoms with Gasteiger partial charge >= 0.3 is 0 Å². The molecule has 0 amide bonds. The van der Waals surface area contributed by atoms with E-state index in [1.54, 1.807) is 30.5 Å². The number of phenolic OH excluding ortho intramolecular Hbond substituents is 1. The quantitative estimate of drug-likeness (QED) is 0.425. The number of fused-ring (bicyclic) bond motifs is 1. The lowest BCUT2D eigenvalue weighted by atomic mass is 9.99. The minimum atomic E-state index is -3.72. The van der Waals surface area contributed by atoms with Crippen molar-refractivity contribution in [2.45, 2.75) is 25.2 Å². The van der Waals surface area contributed by atoms with Crippen molar-refractivity contribution in [3.05, 3.63) is 93.6 Å². The predicted molar refractivity (Wildman–Crippen MR) is 119 cm³/mol. The van der Waals surface area contributed by atoms with Crippen molar-refractivity contribution in [1.29, 1.82) is 0 Å². The van der Waals surface area contributed by atoms with E-state index >= 15 is 0 Å².